The first kappa shape index (κ1) is 20.7. The van der Waals surface area contributed by atoms with Gasteiger partial charge in [-0.25, -0.2) is 0 Å². The molecule has 0 aliphatic carbocycles. The number of hydrogen-bond acceptors (Lipinski definition) is 4. The highest BCUT2D eigenvalue weighted by Gasteiger charge is 2.33. The van der Waals surface area contributed by atoms with Crippen LogP contribution in [0.15, 0.2) is 72.8 Å². The minimum atomic E-state index is -0.631. The zero-order chi connectivity index (χ0) is 21.8. The van der Waals surface area contributed by atoms with Crippen molar-refractivity contribution < 1.29 is 19.1 Å². The van der Waals surface area contributed by atoms with Gasteiger partial charge >= 0.3 is 5.97 Å². The maximum Gasteiger partial charge on any atom is 0.318 e. The number of para-hydroxylation sites is 2. The Morgan fingerprint density at radius 3 is 2.10 bits per heavy atom. The van der Waals surface area contributed by atoms with E-state index in [0.29, 0.717) is 11.5 Å². The number of rotatable bonds is 6. The molecule has 0 spiro atoms. The Morgan fingerprint density at radius 1 is 0.935 bits per heavy atom. The summed E-state index contributed by atoms with van der Waals surface area (Å²) in [7, 11) is 0. The van der Waals surface area contributed by atoms with Crippen LogP contribution in [0.3, 0.4) is 0 Å². The fourth-order valence-electron chi connectivity index (χ4n) is 3.84. The van der Waals surface area contributed by atoms with Gasteiger partial charge in [0.1, 0.15) is 17.4 Å². The predicted octanol–water partition coefficient (Wildman–Crippen LogP) is 5.04. The van der Waals surface area contributed by atoms with Crippen LogP contribution in [0.1, 0.15) is 47.6 Å². The number of ether oxygens (including phenoxy) is 2. The minimum Gasteiger partial charge on any atom is -0.457 e. The van der Waals surface area contributed by atoms with E-state index < -0.39 is 11.9 Å². The fraction of sp³-hybridized carbons (Fsp3) is 0.231. The molecular formula is C26H25NO4. The van der Waals surface area contributed by atoms with E-state index >= 15 is 0 Å². The maximum atomic E-state index is 13.0. The van der Waals surface area contributed by atoms with Crippen molar-refractivity contribution >= 4 is 11.9 Å². The molecule has 5 heteroatoms. The Labute approximate surface area is 182 Å². The van der Waals surface area contributed by atoms with E-state index in [-0.39, 0.29) is 18.6 Å². The Kier molecular flexibility index (Phi) is 6.03. The van der Waals surface area contributed by atoms with Gasteiger partial charge in [0.05, 0.1) is 6.04 Å². The van der Waals surface area contributed by atoms with Crippen molar-refractivity contribution in [1.29, 1.82) is 0 Å². The van der Waals surface area contributed by atoms with E-state index in [2.05, 4.69) is 5.32 Å². The Morgan fingerprint density at radius 2 is 1.52 bits per heavy atom. The summed E-state index contributed by atoms with van der Waals surface area (Å²) in [4.78, 5) is 25.6. The highest BCUT2D eigenvalue weighted by atomic mass is 16.5. The number of fused-ring (bicyclic) bond motifs is 2. The van der Waals surface area contributed by atoms with Crippen LogP contribution in [-0.4, -0.2) is 18.5 Å². The number of benzene rings is 3. The first-order valence-electron chi connectivity index (χ1n) is 10.4. The molecule has 1 heterocycles. The van der Waals surface area contributed by atoms with Gasteiger partial charge in [0, 0.05) is 11.1 Å². The van der Waals surface area contributed by atoms with Crippen molar-refractivity contribution in [3.05, 3.63) is 95.1 Å². The van der Waals surface area contributed by atoms with Crippen LogP contribution in [0, 0.1) is 6.92 Å². The number of carbonyl (C=O) groups is 2. The van der Waals surface area contributed by atoms with Crippen molar-refractivity contribution in [2.24, 2.45) is 0 Å². The summed E-state index contributed by atoms with van der Waals surface area (Å²) >= 11 is 0. The SMILES string of the molecule is CC[C@@H](NC(=O)COC(=O)C1c2ccccc2Oc2ccccc21)c1ccc(C)cc1. The number of carbonyl (C=O) groups excluding carboxylic acids is 2. The number of hydrogen-bond donors (Lipinski definition) is 1. The highest BCUT2D eigenvalue weighted by Crippen LogP contribution is 2.44. The van der Waals surface area contributed by atoms with Gasteiger partial charge < -0.3 is 14.8 Å². The molecule has 0 radical (unpaired) electrons. The molecule has 0 fully saturated rings. The van der Waals surface area contributed by atoms with Gasteiger partial charge in [0.2, 0.25) is 0 Å². The van der Waals surface area contributed by atoms with Gasteiger partial charge in [-0.3, -0.25) is 9.59 Å². The van der Waals surface area contributed by atoms with Gasteiger partial charge in [-0.15, -0.1) is 0 Å². The van der Waals surface area contributed by atoms with Crippen molar-refractivity contribution in [2.75, 3.05) is 6.61 Å². The van der Waals surface area contributed by atoms with Gasteiger partial charge in [0.25, 0.3) is 5.91 Å². The molecule has 1 aliphatic heterocycles. The van der Waals surface area contributed by atoms with Crippen LogP contribution in [0.4, 0.5) is 0 Å². The summed E-state index contributed by atoms with van der Waals surface area (Å²) < 4.78 is 11.4. The number of nitrogens with one attached hydrogen (secondary N) is 1. The average Bonchev–Trinajstić information content (AvgIpc) is 2.80. The molecule has 3 aromatic rings. The zero-order valence-electron chi connectivity index (χ0n) is 17.6. The normalized spacial score (nSPS) is 13.4. The summed E-state index contributed by atoms with van der Waals surface area (Å²) in [5.74, 6) is -0.180. The minimum absolute atomic E-state index is 0.128. The van der Waals surface area contributed by atoms with Gasteiger partial charge in [-0.1, -0.05) is 73.2 Å². The van der Waals surface area contributed by atoms with Crippen LogP contribution in [0.25, 0.3) is 0 Å². The molecule has 1 N–H and O–H groups in total. The van der Waals surface area contributed by atoms with E-state index in [1.807, 2.05) is 86.6 Å². The van der Waals surface area contributed by atoms with Crippen molar-refractivity contribution in [2.45, 2.75) is 32.2 Å². The molecule has 0 saturated carbocycles. The molecular weight excluding hydrogens is 390 g/mol. The van der Waals surface area contributed by atoms with E-state index in [9.17, 15) is 9.59 Å². The molecule has 158 valence electrons. The second-order valence-corrected chi connectivity index (χ2v) is 7.66. The second kappa shape index (κ2) is 9.04. The molecule has 1 atom stereocenters. The van der Waals surface area contributed by atoms with Gasteiger partial charge in [-0.05, 0) is 31.0 Å². The van der Waals surface area contributed by atoms with Crippen LogP contribution in [0.5, 0.6) is 11.5 Å². The lowest BCUT2D eigenvalue weighted by Crippen LogP contribution is -2.33. The van der Waals surface area contributed by atoms with Crippen molar-refractivity contribution in [3.63, 3.8) is 0 Å². The third-order valence-corrected chi connectivity index (χ3v) is 5.48. The standard InChI is InChI=1S/C26H25NO4/c1-3-21(18-14-12-17(2)13-15-18)27-24(28)16-30-26(29)25-19-8-4-6-10-22(19)31-23-11-7-5-9-20(23)25/h4-15,21,25H,3,16H2,1-2H3,(H,27,28)/t21-/m1/s1. The van der Waals surface area contributed by atoms with E-state index in [0.717, 1.165) is 28.7 Å². The summed E-state index contributed by atoms with van der Waals surface area (Å²) in [5.41, 5.74) is 3.66. The molecule has 0 unspecified atom stereocenters. The molecule has 1 amide bonds. The van der Waals surface area contributed by atoms with Crippen molar-refractivity contribution in [3.8, 4) is 11.5 Å². The largest absolute Gasteiger partial charge is 0.457 e. The third-order valence-electron chi connectivity index (χ3n) is 5.48. The van der Waals surface area contributed by atoms with Crippen LogP contribution in [-0.2, 0) is 14.3 Å². The molecule has 0 bridgehead atoms. The van der Waals surface area contributed by atoms with Crippen LogP contribution in [0.2, 0.25) is 0 Å². The topological polar surface area (TPSA) is 64.6 Å². The predicted molar refractivity (Wildman–Crippen MR) is 118 cm³/mol. The van der Waals surface area contributed by atoms with E-state index in [1.54, 1.807) is 0 Å². The molecule has 31 heavy (non-hydrogen) atoms. The van der Waals surface area contributed by atoms with Crippen molar-refractivity contribution in [1.82, 2.24) is 5.32 Å². The van der Waals surface area contributed by atoms with E-state index in [4.69, 9.17) is 9.47 Å². The first-order valence-corrected chi connectivity index (χ1v) is 10.4. The molecule has 0 aromatic heterocycles. The Balaban J connectivity index is 1.45. The molecule has 5 nitrogen and oxygen atoms in total. The summed E-state index contributed by atoms with van der Waals surface area (Å²) in [6.45, 7) is 3.70. The molecule has 3 aromatic carbocycles. The zero-order valence-corrected chi connectivity index (χ0v) is 17.6. The molecule has 1 aliphatic rings. The number of amides is 1. The first-order chi connectivity index (χ1) is 15.1. The van der Waals surface area contributed by atoms with Crippen LogP contribution >= 0.6 is 0 Å². The smallest absolute Gasteiger partial charge is 0.318 e. The summed E-state index contributed by atoms with van der Waals surface area (Å²) in [6.07, 6.45) is 0.740. The lowest BCUT2D eigenvalue weighted by atomic mass is 9.88. The quantitative estimate of drug-likeness (QED) is 0.573. The number of esters is 1. The lowest BCUT2D eigenvalue weighted by Gasteiger charge is -2.26. The number of aryl methyl sites for hydroxylation is 1. The third kappa shape index (κ3) is 4.45. The van der Waals surface area contributed by atoms with E-state index in [1.165, 1.54) is 0 Å². The van der Waals surface area contributed by atoms with Gasteiger partial charge in [0.15, 0.2) is 6.61 Å². The Bertz CT molecular complexity index is 1050. The fourth-order valence-corrected chi connectivity index (χ4v) is 3.84. The molecule has 0 saturated heterocycles. The summed E-state index contributed by atoms with van der Waals surface area (Å²) in [6, 6.07) is 22.7. The van der Waals surface area contributed by atoms with Crippen LogP contribution < -0.4 is 10.1 Å². The highest BCUT2D eigenvalue weighted by molar-refractivity contribution is 5.88. The average molecular weight is 415 g/mol. The maximum absolute atomic E-state index is 13.0. The van der Waals surface area contributed by atoms with Gasteiger partial charge in [-0.2, -0.15) is 0 Å². The monoisotopic (exact) mass is 415 g/mol. The second-order valence-electron chi connectivity index (χ2n) is 7.66. The lowest BCUT2D eigenvalue weighted by molar-refractivity contribution is -0.149. The summed E-state index contributed by atoms with van der Waals surface area (Å²) in [5, 5.41) is 2.96. The Hall–Kier alpha value is -3.60. The molecule has 4 rings (SSSR count).